The number of rotatable bonds is 0. The summed E-state index contributed by atoms with van der Waals surface area (Å²) in [5.74, 6) is 2.21. The van der Waals surface area contributed by atoms with E-state index < -0.39 is 0 Å². The summed E-state index contributed by atoms with van der Waals surface area (Å²) in [5.41, 5.74) is 5.78. The van der Waals surface area contributed by atoms with Crippen LogP contribution in [0.5, 0.6) is 0 Å². The molecule has 9 rings (SSSR count). The largest absolute Gasteiger partial charge is 2.00 e. The first-order chi connectivity index (χ1) is 19.8. The number of benzene rings is 4. The first kappa shape index (κ1) is 23.6. The van der Waals surface area contributed by atoms with Crippen molar-refractivity contribution >= 4 is 44.1 Å². The van der Waals surface area contributed by atoms with E-state index in [9.17, 15) is 0 Å². The van der Waals surface area contributed by atoms with Crippen LogP contribution in [0.1, 0.15) is 0 Å². The Bertz CT molecular complexity index is 2030. The summed E-state index contributed by atoms with van der Waals surface area (Å²) in [5, 5.41) is 3.57. The molecule has 0 radical (unpaired) electrons. The molecule has 0 amide bonds. The monoisotopic (exact) mass is 570 g/mol. The second kappa shape index (κ2) is 8.88. The molecular weight excluding hydrogens is 555 g/mol. The normalized spacial score (nSPS) is 11.7. The van der Waals surface area contributed by atoms with Gasteiger partial charge in [-0.3, -0.25) is 0 Å². The first-order valence-electron chi connectivity index (χ1n) is 12.9. The van der Waals surface area contributed by atoms with Gasteiger partial charge in [-0.25, -0.2) is 9.97 Å². The average molecular weight is 571 g/mol. The Kier molecular flexibility index (Phi) is 5.11. The molecule has 5 heterocycles. The predicted octanol–water partition coefficient (Wildman–Crippen LogP) is 6.12. The predicted molar refractivity (Wildman–Crippen MR) is 154 cm³/mol. The quantitative estimate of drug-likeness (QED) is 0.201. The zero-order chi connectivity index (χ0) is 26.2. The minimum Gasteiger partial charge on any atom is -0.357 e. The number of hydrogen-bond acceptors (Lipinski definition) is 6. The number of aromatic nitrogens is 8. The van der Waals surface area contributed by atoms with Gasteiger partial charge in [0.05, 0.1) is 23.3 Å². The summed E-state index contributed by atoms with van der Waals surface area (Å²) in [7, 11) is 0. The van der Waals surface area contributed by atoms with Gasteiger partial charge in [0.1, 0.15) is 0 Å². The van der Waals surface area contributed by atoms with Crippen LogP contribution in [0.15, 0.2) is 97.1 Å². The van der Waals surface area contributed by atoms with Crippen molar-refractivity contribution in [2.45, 2.75) is 0 Å². The Hall–Kier alpha value is -5.27. The van der Waals surface area contributed by atoms with E-state index in [1.165, 1.54) is 0 Å². The van der Waals surface area contributed by atoms with Crippen LogP contribution in [0, 0.1) is 0 Å². The van der Waals surface area contributed by atoms with Gasteiger partial charge in [-0.2, -0.15) is 0 Å². The van der Waals surface area contributed by atoms with Crippen molar-refractivity contribution in [1.29, 1.82) is 0 Å². The van der Waals surface area contributed by atoms with Gasteiger partial charge in [-0.1, -0.05) is 97.1 Å². The van der Waals surface area contributed by atoms with Crippen molar-refractivity contribution in [3.63, 3.8) is 0 Å². The molecule has 7 aromatic rings. The number of fused-ring (bicyclic) bond motifs is 20. The molecular formula is C32H16N8Ni. The van der Waals surface area contributed by atoms with Crippen molar-refractivity contribution in [2.24, 2.45) is 0 Å². The summed E-state index contributed by atoms with van der Waals surface area (Å²) in [4.78, 5) is 39.3. The number of nitrogens with zero attached hydrogens (tertiary/aromatic N) is 8. The van der Waals surface area contributed by atoms with Crippen molar-refractivity contribution in [3.05, 3.63) is 97.1 Å². The van der Waals surface area contributed by atoms with Gasteiger partial charge in [-0.05, 0) is 21.5 Å². The fourth-order valence-corrected chi connectivity index (χ4v) is 5.46. The maximum Gasteiger partial charge on any atom is 2.00 e. The molecule has 8 bridgehead atoms. The van der Waals surface area contributed by atoms with Crippen LogP contribution >= 0.6 is 0 Å². The van der Waals surface area contributed by atoms with Crippen LogP contribution in [-0.4, -0.2) is 29.9 Å². The van der Waals surface area contributed by atoms with E-state index in [0.717, 1.165) is 43.8 Å². The van der Waals surface area contributed by atoms with Crippen LogP contribution < -0.4 is 9.97 Å². The Labute approximate surface area is 242 Å². The molecule has 8 nitrogen and oxygen atoms in total. The third-order valence-corrected chi connectivity index (χ3v) is 7.33. The fraction of sp³-hybridized carbons (Fsp3) is 0. The zero-order valence-electron chi connectivity index (χ0n) is 21.1. The summed E-state index contributed by atoms with van der Waals surface area (Å²) in [6.45, 7) is 0. The number of hydrogen-bond donors (Lipinski definition) is 0. The summed E-state index contributed by atoms with van der Waals surface area (Å²) >= 11 is 0. The molecule has 0 saturated heterocycles. The Balaban J connectivity index is 0.00000256. The molecule has 2 aliphatic rings. The average Bonchev–Trinajstić information content (AvgIpc) is 3.73. The van der Waals surface area contributed by atoms with Crippen LogP contribution in [0.25, 0.3) is 89.7 Å². The minimum atomic E-state index is 0. The zero-order valence-corrected chi connectivity index (χ0v) is 22.1. The smallest absolute Gasteiger partial charge is 0.357 e. The minimum absolute atomic E-state index is 0. The van der Waals surface area contributed by atoms with E-state index in [-0.39, 0.29) is 16.5 Å². The first-order valence-corrected chi connectivity index (χ1v) is 12.9. The summed E-state index contributed by atoms with van der Waals surface area (Å²) in [6.07, 6.45) is 0. The van der Waals surface area contributed by atoms with Gasteiger partial charge in [0.2, 0.25) is 0 Å². The van der Waals surface area contributed by atoms with E-state index >= 15 is 0 Å². The molecule has 0 saturated carbocycles. The molecule has 3 aromatic heterocycles. The molecule has 2 aliphatic heterocycles. The topological polar surface area (TPSA) is 106 Å². The van der Waals surface area contributed by atoms with E-state index in [1.807, 2.05) is 97.1 Å². The van der Waals surface area contributed by atoms with Gasteiger partial charge in [0, 0.05) is 44.8 Å². The fourth-order valence-electron chi connectivity index (χ4n) is 5.46. The van der Waals surface area contributed by atoms with E-state index in [1.54, 1.807) is 0 Å². The SMILES string of the molecule is [Ni+2].c1ccc2c(c1)-c1nc-2nc2[n-]c(nc3nc(nc4[n-]c(n1)c1ccccc41)-c1ccccc1-3)c1ccccc21. The van der Waals surface area contributed by atoms with Crippen LogP contribution in [0.4, 0.5) is 0 Å². The molecule has 0 N–H and O–H groups in total. The van der Waals surface area contributed by atoms with E-state index in [2.05, 4.69) is 0 Å². The van der Waals surface area contributed by atoms with Crippen molar-refractivity contribution in [2.75, 3.05) is 0 Å². The van der Waals surface area contributed by atoms with Gasteiger partial charge >= 0.3 is 16.5 Å². The van der Waals surface area contributed by atoms with Crippen molar-refractivity contribution in [3.8, 4) is 45.6 Å². The van der Waals surface area contributed by atoms with Gasteiger partial charge in [-0.15, -0.1) is 0 Å². The molecule has 9 heteroatoms. The third kappa shape index (κ3) is 3.53. The molecule has 0 unspecified atom stereocenters. The van der Waals surface area contributed by atoms with Crippen molar-refractivity contribution < 1.29 is 16.5 Å². The maximum absolute atomic E-state index is 4.95. The molecule has 0 aliphatic carbocycles. The molecule has 194 valence electrons. The summed E-state index contributed by atoms with van der Waals surface area (Å²) < 4.78 is 0. The Morgan fingerprint density at radius 3 is 0.829 bits per heavy atom. The van der Waals surface area contributed by atoms with Gasteiger partial charge in [0.15, 0.2) is 0 Å². The third-order valence-electron chi connectivity index (χ3n) is 7.33. The molecule has 0 fully saturated rings. The Morgan fingerprint density at radius 2 is 0.561 bits per heavy atom. The molecule has 0 spiro atoms. The van der Waals surface area contributed by atoms with Crippen molar-refractivity contribution in [1.82, 2.24) is 39.9 Å². The second-order valence-electron chi connectivity index (χ2n) is 9.67. The van der Waals surface area contributed by atoms with E-state index in [0.29, 0.717) is 45.9 Å². The molecule has 4 aromatic carbocycles. The van der Waals surface area contributed by atoms with Gasteiger partial charge in [0.25, 0.3) is 0 Å². The van der Waals surface area contributed by atoms with Crippen LogP contribution in [-0.2, 0) is 16.5 Å². The van der Waals surface area contributed by atoms with E-state index in [4.69, 9.17) is 39.9 Å². The van der Waals surface area contributed by atoms with Crippen LogP contribution in [0.2, 0.25) is 0 Å². The standard InChI is InChI=1S/C32H16N8.Ni/c1-2-10-18-17(9-1)25-33-26(18)38-28-21-13-5-6-14-22(21)30(35-28)40-32-24-16-8-7-15-23(24)31(36-32)39-29-20-12-4-3-11-19(20)27(34-29)37-25;/h1-16H;/q-2;+2. The maximum atomic E-state index is 4.95. The Morgan fingerprint density at radius 1 is 0.317 bits per heavy atom. The summed E-state index contributed by atoms with van der Waals surface area (Å²) in [6, 6.07) is 31.8. The van der Waals surface area contributed by atoms with Crippen LogP contribution in [0.3, 0.4) is 0 Å². The second-order valence-corrected chi connectivity index (χ2v) is 9.67. The van der Waals surface area contributed by atoms with Gasteiger partial charge < -0.3 is 29.9 Å². The molecule has 41 heavy (non-hydrogen) atoms. The molecule has 0 atom stereocenters.